The smallest absolute Gasteiger partial charge is 0.277 e. The molecule has 1 aromatic heterocycles. The minimum atomic E-state index is -0.0242. The number of hydrogen-bond acceptors (Lipinski definition) is 5. The second-order valence-corrected chi connectivity index (χ2v) is 5.33. The van der Waals surface area contributed by atoms with Crippen molar-refractivity contribution in [3.05, 3.63) is 30.3 Å². The number of aromatic nitrogens is 2. The molecule has 0 aliphatic heterocycles. The normalized spacial score (nSPS) is 12.1. The predicted molar refractivity (Wildman–Crippen MR) is 78.4 cm³/mol. The van der Waals surface area contributed by atoms with Crippen molar-refractivity contribution in [2.24, 2.45) is 0 Å². The van der Waals surface area contributed by atoms with Crippen LogP contribution in [0.4, 0.5) is 0 Å². The number of thioether (sulfide) groups is 1. The first-order valence-electron chi connectivity index (χ1n) is 6.50. The lowest BCUT2D eigenvalue weighted by Gasteiger charge is -2.09. The maximum atomic E-state index is 11.6. The van der Waals surface area contributed by atoms with E-state index in [1.807, 2.05) is 44.2 Å². The molecule has 0 saturated carbocycles. The summed E-state index contributed by atoms with van der Waals surface area (Å²) in [5, 5.41) is 11.2. The average Bonchev–Trinajstić information content (AvgIpc) is 2.95. The Balaban J connectivity index is 1.89. The van der Waals surface area contributed by atoms with Crippen molar-refractivity contribution in [1.29, 1.82) is 0 Å². The highest BCUT2D eigenvalue weighted by Gasteiger charge is 2.11. The molecule has 1 heterocycles. The summed E-state index contributed by atoms with van der Waals surface area (Å²) < 4.78 is 5.51. The summed E-state index contributed by atoms with van der Waals surface area (Å²) in [6.45, 7) is 4.00. The number of amides is 1. The van der Waals surface area contributed by atoms with E-state index in [1.165, 1.54) is 11.8 Å². The lowest BCUT2D eigenvalue weighted by molar-refractivity contribution is -0.119. The maximum Gasteiger partial charge on any atom is 0.277 e. The van der Waals surface area contributed by atoms with Crippen LogP contribution in [0, 0.1) is 0 Å². The zero-order chi connectivity index (χ0) is 14.4. The monoisotopic (exact) mass is 291 g/mol. The summed E-state index contributed by atoms with van der Waals surface area (Å²) >= 11 is 1.24. The van der Waals surface area contributed by atoms with Crippen LogP contribution in [0.25, 0.3) is 11.5 Å². The van der Waals surface area contributed by atoms with Crippen LogP contribution in [0.2, 0.25) is 0 Å². The highest BCUT2D eigenvalue weighted by Crippen LogP contribution is 2.22. The van der Waals surface area contributed by atoms with Gasteiger partial charge in [0.2, 0.25) is 11.8 Å². The van der Waals surface area contributed by atoms with Crippen molar-refractivity contribution >= 4 is 17.7 Å². The number of hydrogen-bond donors (Lipinski definition) is 1. The molecule has 2 rings (SSSR count). The zero-order valence-electron chi connectivity index (χ0n) is 11.5. The molecule has 5 nitrogen and oxygen atoms in total. The van der Waals surface area contributed by atoms with E-state index in [0.29, 0.717) is 11.1 Å². The highest BCUT2D eigenvalue weighted by molar-refractivity contribution is 7.99. The molecule has 2 aromatic rings. The van der Waals surface area contributed by atoms with E-state index in [2.05, 4.69) is 15.5 Å². The quantitative estimate of drug-likeness (QED) is 0.829. The number of rotatable bonds is 6. The van der Waals surface area contributed by atoms with Gasteiger partial charge in [-0.05, 0) is 25.5 Å². The molecule has 0 saturated heterocycles. The fourth-order valence-electron chi connectivity index (χ4n) is 1.51. The Morgan fingerprint density at radius 2 is 2.10 bits per heavy atom. The first-order valence-corrected chi connectivity index (χ1v) is 7.48. The third-order valence-electron chi connectivity index (χ3n) is 2.77. The molecular weight excluding hydrogens is 274 g/mol. The zero-order valence-corrected chi connectivity index (χ0v) is 12.3. The molecule has 0 bridgehead atoms. The number of carbonyl (C=O) groups excluding carboxylic acids is 1. The van der Waals surface area contributed by atoms with Crippen LogP contribution in [0.3, 0.4) is 0 Å². The summed E-state index contributed by atoms with van der Waals surface area (Å²) in [7, 11) is 0. The Hall–Kier alpha value is -1.82. The SMILES string of the molecule is CC[C@@H](C)NC(=O)CSc1nnc(-c2ccccc2)o1. The van der Waals surface area contributed by atoms with Crippen molar-refractivity contribution in [3.63, 3.8) is 0 Å². The summed E-state index contributed by atoms with van der Waals surface area (Å²) in [6.07, 6.45) is 0.912. The van der Waals surface area contributed by atoms with Crippen molar-refractivity contribution in [2.45, 2.75) is 31.5 Å². The van der Waals surface area contributed by atoms with Gasteiger partial charge in [-0.3, -0.25) is 4.79 Å². The van der Waals surface area contributed by atoms with Gasteiger partial charge in [-0.15, -0.1) is 10.2 Å². The number of benzene rings is 1. The molecule has 1 aromatic carbocycles. The van der Waals surface area contributed by atoms with Gasteiger partial charge in [0.05, 0.1) is 5.75 Å². The van der Waals surface area contributed by atoms with E-state index in [0.717, 1.165) is 12.0 Å². The lowest BCUT2D eigenvalue weighted by Crippen LogP contribution is -2.33. The average molecular weight is 291 g/mol. The third kappa shape index (κ3) is 4.09. The van der Waals surface area contributed by atoms with E-state index in [-0.39, 0.29) is 17.7 Å². The standard InChI is InChI=1S/C14H17N3O2S/c1-3-10(2)15-12(18)9-20-14-17-16-13(19-14)11-7-5-4-6-8-11/h4-8,10H,3,9H2,1-2H3,(H,15,18)/t10-/m1/s1. The Bertz CT molecular complexity index is 557. The van der Waals surface area contributed by atoms with Crippen molar-refractivity contribution < 1.29 is 9.21 Å². The minimum absolute atomic E-state index is 0.0242. The Morgan fingerprint density at radius 1 is 1.35 bits per heavy atom. The Morgan fingerprint density at radius 3 is 2.80 bits per heavy atom. The van der Waals surface area contributed by atoms with Crippen molar-refractivity contribution in [3.8, 4) is 11.5 Å². The Labute approximate surface area is 122 Å². The van der Waals surface area contributed by atoms with E-state index in [9.17, 15) is 4.79 Å². The fourth-order valence-corrected chi connectivity index (χ4v) is 2.09. The Kier molecular flexibility index (Phi) is 5.17. The van der Waals surface area contributed by atoms with Gasteiger partial charge in [0.1, 0.15) is 0 Å². The first kappa shape index (κ1) is 14.6. The summed E-state index contributed by atoms with van der Waals surface area (Å²) in [5.74, 6) is 0.722. The second kappa shape index (κ2) is 7.09. The van der Waals surface area contributed by atoms with Crippen LogP contribution in [0.15, 0.2) is 40.0 Å². The summed E-state index contributed by atoms with van der Waals surface area (Å²) in [6, 6.07) is 9.73. The van der Waals surface area contributed by atoms with Crippen molar-refractivity contribution in [1.82, 2.24) is 15.5 Å². The molecule has 0 radical (unpaired) electrons. The third-order valence-corrected chi connectivity index (χ3v) is 3.59. The van der Waals surface area contributed by atoms with Gasteiger partial charge >= 0.3 is 0 Å². The highest BCUT2D eigenvalue weighted by atomic mass is 32.2. The topological polar surface area (TPSA) is 68.0 Å². The first-order chi connectivity index (χ1) is 9.69. The molecule has 0 spiro atoms. The van der Waals surface area contributed by atoms with Gasteiger partial charge in [-0.1, -0.05) is 36.9 Å². The summed E-state index contributed by atoms with van der Waals surface area (Å²) in [5.41, 5.74) is 0.871. The van der Waals surface area contributed by atoms with Crippen molar-refractivity contribution in [2.75, 3.05) is 5.75 Å². The van der Waals surface area contributed by atoms with E-state index in [4.69, 9.17) is 4.42 Å². The predicted octanol–water partition coefficient (Wildman–Crippen LogP) is 2.74. The molecule has 6 heteroatoms. The largest absolute Gasteiger partial charge is 0.411 e. The van der Waals surface area contributed by atoms with Gasteiger partial charge in [-0.25, -0.2) is 0 Å². The molecule has 1 amide bonds. The van der Waals surface area contributed by atoms with E-state index in [1.54, 1.807) is 0 Å². The molecule has 0 fully saturated rings. The van der Waals surface area contributed by atoms with Crippen LogP contribution < -0.4 is 5.32 Å². The lowest BCUT2D eigenvalue weighted by atomic mass is 10.2. The van der Waals surface area contributed by atoms with E-state index >= 15 is 0 Å². The molecule has 0 aliphatic rings. The number of carbonyl (C=O) groups is 1. The molecule has 106 valence electrons. The molecular formula is C14H17N3O2S. The van der Waals surface area contributed by atoms with Gasteiger partial charge in [0.15, 0.2) is 0 Å². The van der Waals surface area contributed by atoms with Crippen LogP contribution in [0.1, 0.15) is 20.3 Å². The van der Waals surface area contributed by atoms with Gasteiger partial charge in [-0.2, -0.15) is 0 Å². The van der Waals surface area contributed by atoms with Crippen LogP contribution in [-0.4, -0.2) is 27.9 Å². The maximum absolute atomic E-state index is 11.6. The fraction of sp³-hybridized carbons (Fsp3) is 0.357. The molecule has 20 heavy (non-hydrogen) atoms. The van der Waals surface area contributed by atoms with Crippen LogP contribution in [0.5, 0.6) is 0 Å². The van der Waals surface area contributed by atoms with Gasteiger partial charge in [0, 0.05) is 11.6 Å². The molecule has 1 atom stereocenters. The molecule has 0 unspecified atom stereocenters. The minimum Gasteiger partial charge on any atom is -0.411 e. The summed E-state index contributed by atoms with van der Waals surface area (Å²) in [4.78, 5) is 11.6. The van der Waals surface area contributed by atoms with Crippen LogP contribution >= 0.6 is 11.8 Å². The second-order valence-electron chi connectivity index (χ2n) is 4.40. The van der Waals surface area contributed by atoms with Gasteiger partial charge < -0.3 is 9.73 Å². The van der Waals surface area contributed by atoms with Gasteiger partial charge in [0.25, 0.3) is 5.22 Å². The number of nitrogens with one attached hydrogen (secondary N) is 1. The molecule has 1 N–H and O–H groups in total. The number of nitrogens with zero attached hydrogens (tertiary/aromatic N) is 2. The molecule has 0 aliphatic carbocycles. The van der Waals surface area contributed by atoms with Crippen LogP contribution in [-0.2, 0) is 4.79 Å². The van der Waals surface area contributed by atoms with E-state index < -0.39 is 0 Å².